The fourth-order valence-electron chi connectivity index (χ4n) is 0.848. The first kappa shape index (κ1) is 11.5. The van der Waals surface area contributed by atoms with Crippen LogP contribution in [0.15, 0.2) is 0 Å². The molecule has 0 aliphatic heterocycles. The summed E-state index contributed by atoms with van der Waals surface area (Å²) < 4.78 is 21.9. The van der Waals surface area contributed by atoms with E-state index in [0.29, 0.717) is 5.01 Å². The Morgan fingerprint density at radius 2 is 2.14 bits per heavy atom. The maximum Gasteiger partial charge on any atom is 0.154 e. The zero-order valence-electron chi connectivity index (χ0n) is 8.31. The minimum atomic E-state index is -3.01. The second kappa shape index (κ2) is 4.33. The van der Waals surface area contributed by atoms with Crippen molar-refractivity contribution in [3.8, 4) is 0 Å². The largest absolute Gasteiger partial charge is 0.311 e. The predicted octanol–water partition coefficient (Wildman–Crippen LogP) is 0.363. The van der Waals surface area contributed by atoms with Crippen molar-refractivity contribution >= 4 is 21.2 Å². The summed E-state index contributed by atoms with van der Waals surface area (Å²) in [7, 11) is -1.19. The molecule has 0 aliphatic rings. The van der Waals surface area contributed by atoms with E-state index < -0.39 is 9.84 Å². The van der Waals surface area contributed by atoms with E-state index in [1.54, 1.807) is 0 Å². The first-order valence-corrected chi connectivity index (χ1v) is 6.97. The third kappa shape index (κ3) is 3.32. The minimum Gasteiger partial charge on any atom is -0.311 e. The van der Waals surface area contributed by atoms with Gasteiger partial charge in [-0.15, -0.1) is 10.2 Å². The summed E-state index contributed by atoms with van der Waals surface area (Å²) in [6.45, 7) is 1.95. The number of sulfone groups is 1. The van der Waals surface area contributed by atoms with Gasteiger partial charge < -0.3 is 5.32 Å². The zero-order valence-corrected chi connectivity index (χ0v) is 9.94. The lowest BCUT2D eigenvalue weighted by Gasteiger charge is -2.02. The van der Waals surface area contributed by atoms with Crippen LogP contribution in [0.1, 0.15) is 23.0 Å². The fourth-order valence-corrected chi connectivity index (χ4v) is 2.93. The Morgan fingerprint density at radius 1 is 1.50 bits per heavy atom. The Labute approximate surface area is 87.5 Å². The first-order valence-electron chi connectivity index (χ1n) is 4.09. The first-order chi connectivity index (χ1) is 6.42. The number of nitrogens with zero attached hydrogens (tertiary/aromatic N) is 2. The summed E-state index contributed by atoms with van der Waals surface area (Å²) in [6.07, 6.45) is 1.19. The monoisotopic (exact) mass is 235 g/mol. The highest BCUT2D eigenvalue weighted by Crippen LogP contribution is 2.18. The summed E-state index contributed by atoms with van der Waals surface area (Å²) in [5.74, 6) is -0.0267. The van der Waals surface area contributed by atoms with Crippen molar-refractivity contribution in [2.45, 2.75) is 18.7 Å². The van der Waals surface area contributed by atoms with Crippen molar-refractivity contribution < 1.29 is 8.42 Å². The Balaban J connectivity index is 2.79. The molecule has 0 radical (unpaired) electrons. The smallest absolute Gasteiger partial charge is 0.154 e. The summed E-state index contributed by atoms with van der Waals surface area (Å²) in [5, 5.41) is 12.1. The van der Waals surface area contributed by atoms with Gasteiger partial charge in [0.15, 0.2) is 9.84 Å². The average molecular weight is 235 g/mol. The van der Waals surface area contributed by atoms with Gasteiger partial charge in [0.05, 0.1) is 6.04 Å². The molecule has 0 bridgehead atoms. The highest BCUT2D eigenvalue weighted by Gasteiger charge is 2.13. The number of nitrogens with one attached hydrogen (secondary N) is 1. The molecule has 0 saturated carbocycles. The summed E-state index contributed by atoms with van der Waals surface area (Å²) in [4.78, 5) is 0. The SMILES string of the molecule is CNC(C)c1nnc(CS(C)(=O)=O)s1. The molecule has 0 aromatic carbocycles. The van der Waals surface area contributed by atoms with E-state index >= 15 is 0 Å². The molecule has 1 heterocycles. The van der Waals surface area contributed by atoms with Crippen LogP contribution in [0.25, 0.3) is 0 Å². The van der Waals surface area contributed by atoms with Crippen LogP contribution in [0, 0.1) is 0 Å². The highest BCUT2D eigenvalue weighted by atomic mass is 32.2. The van der Waals surface area contributed by atoms with E-state index in [4.69, 9.17) is 0 Å². The molecule has 0 saturated heterocycles. The van der Waals surface area contributed by atoms with Crippen LogP contribution in [0.3, 0.4) is 0 Å². The molecule has 14 heavy (non-hydrogen) atoms. The van der Waals surface area contributed by atoms with E-state index in [2.05, 4.69) is 15.5 Å². The second-order valence-electron chi connectivity index (χ2n) is 3.11. The van der Waals surface area contributed by atoms with E-state index in [0.717, 1.165) is 5.01 Å². The van der Waals surface area contributed by atoms with Crippen LogP contribution >= 0.6 is 11.3 Å². The Hall–Kier alpha value is -0.530. The van der Waals surface area contributed by atoms with Gasteiger partial charge in [0.2, 0.25) is 0 Å². The van der Waals surface area contributed by atoms with Crippen molar-refractivity contribution in [1.82, 2.24) is 15.5 Å². The van der Waals surface area contributed by atoms with E-state index in [1.807, 2.05) is 14.0 Å². The fraction of sp³-hybridized carbons (Fsp3) is 0.714. The van der Waals surface area contributed by atoms with Gasteiger partial charge in [-0.05, 0) is 14.0 Å². The normalized spacial score (nSPS) is 14.2. The van der Waals surface area contributed by atoms with Gasteiger partial charge in [0.1, 0.15) is 15.8 Å². The molecule has 0 aliphatic carbocycles. The van der Waals surface area contributed by atoms with Gasteiger partial charge in [0.25, 0.3) is 0 Å². The standard InChI is InChI=1S/C7H13N3O2S2/c1-5(8-2)7-10-9-6(13-7)4-14(3,11)12/h5,8H,4H2,1-3H3. The molecule has 5 nitrogen and oxygen atoms in total. The molecule has 1 N–H and O–H groups in total. The third-order valence-corrected chi connectivity index (χ3v) is 3.76. The van der Waals surface area contributed by atoms with Gasteiger partial charge in [-0.2, -0.15) is 0 Å². The summed E-state index contributed by atoms with van der Waals surface area (Å²) in [6, 6.07) is 0.112. The molecule has 7 heteroatoms. The number of rotatable bonds is 4. The third-order valence-electron chi connectivity index (χ3n) is 1.67. The molecular weight excluding hydrogens is 222 g/mol. The molecule has 1 aromatic rings. The molecule has 1 unspecified atom stereocenters. The lowest BCUT2D eigenvalue weighted by molar-refractivity contribution is 0.600. The van der Waals surface area contributed by atoms with Crippen LogP contribution < -0.4 is 5.32 Å². The maximum atomic E-state index is 11.0. The molecule has 1 aromatic heterocycles. The molecule has 1 atom stereocenters. The summed E-state index contributed by atoms with van der Waals surface area (Å²) in [5.41, 5.74) is 0. The van der Waals surface area contributed by atoms with E-state index in [1.165, 1.54) is 17.6 Å². The van der Waals surface area contributed by atoms with Crippen LogP contribution in [0.2, 0.25) is 0 Å². The molecular formula is C7H13N3O2S2. The topological polar surface area (TPSA) is 72.0 Å². The Bertz CT molecular complexity index is 399. The van der Waals surface area contributed by atoms with Gasteiger partial charge in [-0.3, -0.25) is 0 Å². The molecule has 0 fully saturated rings. The lowest BCUT2D eigenvalue weighted by atomic mass is 10.4. The second-order valence-corrected chi connectivity index (χ2v) is 6.35. The quantitative estimate of drug-likeness (QED) is 0.816. The molecule has 1 rings (SSSR count). The molecule has 0 amide bonds. The van der Waals surface area contributed by atoms with Gasteiger partial charge in [0, 0.05) is 6.26 Å². The van der Waals surface area contributed by atoms with Gasteiger partial charge >= 0.3 is 0 Å². The maximum absolute atomic E-state index is 11.0. The van der Waals surface area contributed by atoms with Crippen LogP contribution in [0.4, 0.5) is 0 Å². The predicted molar refractivity (Wildman–Crippen MR) is 55.9 cm³/mol. The highest BCUT2D eigenvalue weighted by molar-refractivity contribution is 7.90. The lowest BCUT2D eigenvalue weighted by Crippen LogP contribution is -2.11. The van der Waals surface area contributed by atoms with Crippen molar-refractivity contribution in [3.63, 3.8) is 0 Å². The van der Waals surface area contributed by atoms with E-state index in [-0.39, 0.29) is 11.8 Å². The average Bonchev–Trinajstić information content (AvgIpc) is 2.48. The van der Waals surface area contributed by atoms with Gasteiger partial charge in [-0.1, -0.05) is 11.3 Å². The number of hydrogen-bond donors (Lipinski definition) is 1. The van der Waals surface area contributed by atoms with Gasteiger partial charge in [-0.25, -0.2) is 8.42 Å². The number of aromatic nitrogens is 2. The Morgan fingerprint density at radius 3 is 2.64 bits per heavy atom. The van der Waals surface area contributed by atoms with Crippen molar-refractivity contribution in [2.24, 2.45) is 0 Å². The summed E-state index contributed by atoms with van der Waals surface area (Å²) >= 11 is 1.33. The zero-order chi connectivity index (χ0) is 10.8. The van der Waals surface area contributed by atoms with Crippen LogP contribution in [-0.2, 0) is 15.6 Å². The van der Waals surface area contributed by atoms with Crippen molar-refractivity contribution in [1.29, 1.82) is 0 Å². The van der Waals surface area contributed by atoms with Crippen LogP contribution in [0.5, 0.6) is 0 Å². The van der Waals surface area contributed by atoms with E-state index in [9.17, 15) is 8.42 Å². The van der Waals surface area contributed by atoms with Crippen molar-refractivity contribution in [2.75, 3.05) is 13.3 Å². The Kier molecular flexibility index (Phi) is 3.57. The molecule has 0 spiro atoms. The minimum absolute atomic E-state index is 0.0267. The number of hydrogen-bond acceptors (Lipinski definition) is 6. The van der Waals surface area contributed by atoms with Crippen molar-refractivity contribution in [3.05, 3.63) is 10.0 Å². The van der Waals surface area contributed by atoms with Crippen LogP contribution in [-0.4, -0.2) is 31.9 Å². The molecule has 80 valence electrons.